The first-order chi connectivity index (χ1) is 8.75. The van der Waals surface area contributed by atoms with Crippen molar-refractivity contribution in [2.24, 2.45) is 5.92 Å². The summed E-state index contributed by atoms with van der Waals surface area (Å²) in [5.41, 5.74) is 1.23. The van der Waals surface area contributed by atoms with Crippen molar-refractivity contribution in [3.05, 3.63) is 35.9 Å². The van der Waals surface area contributed by atoms with Crippen LogP contribution in [0.3, 0.4) is 0 Å². The van der Waals surface area contributed by atoms with Gasteiger partial charge in [-0.2, -0.15) is 0 Å². The van der Waals surface area contributed by atoms with E-state index in [1.54, 1.807) is 0 Å². The molecule has 0 bridgehead atoms. The number of hydrogen-bond acceptors (Lipinski definition) is 1. The Hall–Kier alpha value is -0.830. The highest BCUT2D eigenvalue weighted by molar-refractivity contribution is 9.09. The molecule has 0 aliphatic heterocycles. The van der Waals surface area contributed by atoms with Crippen molar-refractivity contribution in [2.45, 2.75) is 36.9 Å². The molecule has 1 fully saturated rings. The topological polar surface area (TPSA) is 29.1 Å². The second kappa shape index (κ2) is 6.93. The van der Waals surface area contributed by atoms with E-state index in [0.717, 1.165) is 13.0 Å². The predicted octanol–water partition coefficient (Wildman–Crippen LogP) is 3.30. The fourth-order valence-electron chi connectivity index (χ4n) is 2.46. The summed E-state index contributed by atoms with van der Waals surface area (Å²) in [7, 11) is 0. The number of hydrogen-bond donors (Lipinski definition) is 1. The monoisotopic (exact) mass is 309 g/mol. The molecule has 0 spiro atoms. The second-order valence-electron chi connectivity index (χ2n) is 5.00. The average Bonchev–Trinajstić information content (AvgIpc) is 2.81. The van der Waals surface area contributed by atoms with E-state index in [-0.39, 0.29) is 5.91 Å². The Balaban J connectivity index is 1.66. The minimum absolute atomic E-state index is 0.172. The molecule has 1 aromatic carbocycles. The van der Waals surface area contributed by atoms with Crippen molar-refractivity contribution in [1.82, 2.24) is 5.32 Å². The van der Waals surface area contributed by atoms with Gasteiger partial charge in [-0.25, -0.2) is 0 Å². The highest BCUT2D eigenvalue weighted by atomic mass is 79.9. The van der Waals surface area contributed by atoms with E-state index < -0.39 is 0 Å². The van der Waals surface area contributed by atoms with Crippen LogP contribution in [-0.4, -0.2) is 17.3 Å². The van der Waals surface area contributed by atoms with Crippen molar-refractivity contribution in [1.29, 1.82) is 0 Å². The lowest BCUT2D eigenvalue weighted by Gasteiger charge is -2.14. The van der Waals surface area contributed by atoms with Gasteiger partial charge in [0, 0.05) is 17.8 Å². The molecule has 98 valence electrons. The van der Waals surface area contributed by atoms with Gasteiger partial charge in [0.25, 0.3) is 0 Å². The number of amides is 1. The molecule has 0 aromatic heterocycles. The standard InChI is InChI=1S/C15H20BrNO/c16-14-8-4-7-13(14)11-17-15(18)10-9-12-5-2-1-3-6-12/h1-3,5-6,13-14H,4,7-11H2,(H,17,18). The van der Waals surface area contributed by atoms with Gasteiger partial charge in [-0.15, -0.1) is 0 Å². The van der Waals surface area contributed by atoms with Crippen molar-refractivity contribution < 1.29 is 4.79 Å². The predicted molar refractivity (Wildman–Crippen MR) is 77.8 cm³/mol. The first kappa shape index (κ1) is 13.6. The maximum absolute atomic E-state index is 11.8. The summed E-state index contributed by atoms with van der Waals surface area (Å²) in [4.78, 5) is 12.3. The van der Waals surface area contributed by atoms with Crippen LogP contribution in [0.25, 0.3) is 0 Å². The maximum Gasteiger partial charge on any atom is 0.220 e. The Kier molecular flexibility index (Phi) is 5.24. The van der Waals surface area contributed by atoms with Crippen LogP contribution in [0.4, 0.5) is 0 Å². The lowest BCUT2D eigenvalue weighted by Crippen LogP contribution is -2.31. The SMILES string of the molecule is O=C(CCc1ccccc1)NCC1CCCC1Br. The van der Waals surface area contributed by atoms with E-state index in [1.165, 1.54) is 24.8 Å². The lowest BCUT2D eigenvalue weighted by atomic mass is 10.1. The van der Waals surface area contributed by atoms with Crippen molar-refractivity contribution in [3.8, 4) is 0 Å². The van der Waals surface area contributed by atoms with Crippen molar-refractivity contribution in [3.63, 3.8) is 0 Å². The van der Waals surface area contributed by atoms with Crippen molar-refractivity contribution in [2.75, 3.05) is 6.54 Å². The summed E-state index contributed by atoms with van der Waals surface area (Å²) in [6.07, 6.45) is 5.17. The number of aryl methyl sites for hydroxylation is 1. The van der Waals surface area contributed by atoms with E-state index in [4.69, 9.17) is 0 Å². The molecular formula is C15H20BrNO. The van der Waals surface area contributed by atoms with E-state index in [1.807, 2.05) is 18.2 Å². The molecule has 2 atom stereocenters. The molecule has 2 rings (SSSR count). The van der Waals surface area contributed by atoms with Gasteiger partial charge in [0.2, 0.25) is 5.91 Å². The molecule has 1 saturated carbocycles. The van der Waals surface area contributed by atoms with Gasteiger partial charge in [0.05, 0.1) is 0 Å². The molecule has 1 N–H and O–H groups in total. The van der Waals surface area contributed by atoms with Gasteiger partial charge in [-0.3, -0.25) is 4.79 Å². The number of carbonyl (C=O) groups is 1. The zero-order chi connectivity index (χ0) is 12.8. The molecule has 1 aliphatic rings. The normalized spacial score (nSPS) is 22.9. The fourth-order valence-corrected chi connectivity index (χ4v) is 3.23. The van der Waals surface area contributed by atoms with Gasteiger partial charge in [-0.05, 0) is 30.7 Å². The molecular weight excluding hydrogens is 290 g/mol. The number of rotatable bonds is 5. The van der Waals surface area contributed by atoms with Crippen LogP contribution in [0.5, 0.6) is 0 Å². The Morgan fingerprint density at radius 3 is 2.72 bits per heavy atom. The van der Waals surface area contributed by atoms with Crippen LogP contribution >= 0.6 is 15.9 Å². The molecule has 1 amide bonds. The fraction of sp³-hybridized carbons (Fsp3) is 0.533. The molecule has 0 radical (unpaired) electrons. The van der Waals surface area contributed by atoms with Crippen LogP contribution in [0, 0.1) is 5.92 Å². The average molecular weight is 310 g/mol. The number of carbonyl (C=O) groups excluding carboxylic acids is 1. The third kappa shape index (κ3) is 4.13. The molecule has 0 heterocycles. The summed E-state index contributed by atoms with van der Waals surface area (Å²) < 4.78 is 0. The minimum atomic E-state index is 0.172. The molecule has 0 saturated heterocycles. The smallest absolute Gasteiger partial charge is 0.220 e. The quantitative estimate of drug-likeness (QED) is 0.831. The molecule has 1 aromatic rings. The highest BCUT2D eigenvalue weighted by Crippen LogP contribution is 2.30. The first-order valence-corrected chi connectivity index (χ1v) is 7.62. The molecule has 18 heavy (non-hydrogen) atoms. The summed E-state index contributed by atoms with van der Waals surface area (Å²) in [6, 6.07) is 10.2. The summed E-state index contributed by atoms with van der Waals surface area (Å²) in [5.74, 6) is 0.788. The van der Waals surface area contributed by atoms with Gasteiger partial charge in [0.1, 0.15) is 0 Å². The third-order valence-corrected chi connectivity index (χ3v) is 4.82. The van der Waals surface area contributed by atoms with Crippen LogP contribution < -0.4 is 5.32 Å². The van der Waals surface area contributed by atoms with Gasteiger partial charge in [-0.1, -0.05) is 52.7 Å². The minimum Gasteiger partial charge on any atom is -0.356 e. The summed E-state index contributed by atoms with van der Waals surface area (Å²) >= 11 is 3.68. The summed E-state index contributed by atoms with van der Waals surface area (Å²) in [6.45, 7) is 0.823. The van der Waals surface area contributed by atoms with Crippen LogP contribution in [0.1, 0.15) is 31.2 Å². The molecule has 2 nitrogen and oxygen atoms in total. The van der Waals surface area contributed by atoms with Crippen LogP contribution in [-0.2, 0) is 11.2 Å². The third-order valence-electron chi connectivity index (χ3n) is 3.61. The zero-order valence-electron chi connectivity index (χ0n) is 10.6. The second-order valence-corrected chi connectivity index (χ2v) is 6.17. The van der Waals surface area contributed by atoms with Crippen molar-refractivity contribution >= 4 is 21.8 Å². The Morgan fingerprint density at radius 2 is 2.06 bits per heavy atom. The molecule has 2 unspecified atom stereocenters. The number of alkyl halides is 1. The molecule has 3 heteroatoms. The lowest BCUT2D eigenvalue weighted by molar-refractivity contribution is -0.121. The maximum atomic E-state index is 11.8. The molecule has 1 aliphatic carbocycles. The van der Waals surface area contributed by atoms with E-state index in [9.17, 15) is 4.79 Å². The Bertz CT molecular complexity index is 379. The Morgan fingerprint density at radius 1 is 1.28 bits per heavy atom. The van der Waals surface area contributed by atoms with Gasteiger partial charge >= 0.3 is 0 Å². The number of nitrogens with one attached hydrogen (secondary N) is 1. The number of benzene rings is 1. The largest absolute Gasteiger partial charge is 0.356 e. The number of halogens is 1. The van der Waals surface area contributed by atoms with Gasteiger partial charge < -0.3 is 5.32 Å². The van der Waals surface area contributed by atoms with E-state index >= 15 is 0 Å². The van der Waals surface area contributed by atoms with Crippen LogP contribution in [0.2, 0.25) is 0 Å². The van der Waals surface area contributed by atoms with Gasteiger partial charge in [0.15, 0.2) is 0 Å². The summed E-state index contributed by atoms with van der Waals surface area (Å²) in [5, 5.41) is 3.06. The zero-order valence-corrected chi connectivity index (χ0v) is 12.2. The van der Waals surface area contributed by atoms with Crippen LogP contribution in [0.15, 0.2) is 30.3 Å². The Labute approximate surface area is 117 Å². The van der Waals surface area contributed by atoms with E-state index in [2.05, 4.69) is 33.4 Å². The first-order valence-electron chi connectivity index (χ1n) is 6.70. The highest BCUT2D eigenvalue weighted by Gasteiger charge is 2.24. The van der Waals surface area contributed by atoms with E-state index in [0.29, 0.717) is 17.2 Å².